The van der Waals surface area contributed by atoms with Crippen molar-refractivity contribution in [2.24, 2.45) is 0 Å². The summed E-state index contributed by atoms with van der Waals surface area (Å²) in [6.45, 7) is 5.96. The molecule has 26 heavy (non-hydrogen) atoms. The molecule has 5 heteroatoms. The van der Waals surface area contributed by atoms with E-state index in [2.05, 4.69) is 6.58 Å². The molecular formula is C21H20O5. The van der Waals surface area contributed by atoms with Crippen LogP contribution >= 0.6 is 0 Å². The molecule has 0 spiro atoms. The van der Waals surface area contributed by atoms with Gasteiger partial charge in [-0.05, 0) is 55.5 Å². The van der Waals surface area contributed by atoms with Gasteiger partial charge in [0.2, 0.25) is 0 Å². The Morgan fingerprint density at radius 2 is 1.85 bits per heavy atom. The summed E-state index contributed by atoms with van der Waals surface area (Å²) in [7, 11) is 1.63. The van der Waals surface area contributed by atoms with Crippen LogP contribution in [-0.2, 0) is 16.1 Å². The highest BCUT2D eigenvalue weighted by molar-refractivity contribution is 5.88. The molecule has 1 heterocycles. The lowest BCUT2D eigenvalue weighted by Crippen LogP contribution is -2.10. The second kappa shape index (κ2) is 7.89. The predicted molar refractivity (Wildman–Crippen MR) is 98.1 cm³/mol. The van der Waals surface area contributed by atoms with Crippen LogP contribution < -0.4 is 14.2 Å². The molecule has 0 aromatic heterocycles. The van der Waals surface area contributed by atoms with Crippen LogP contribution in [0.2, 0.25) is 0 Å². The van der Waals surface area contributed by atoms with Gasteiger partial charge in [-0.15, -0.1) is 0 Å². The van der Waals surface area contributed by atoms with Gasteiger partial charge in [-0.2, -0.15) is 0 Å². The molecule has 0 amide bonds. The second-order valence-electron chi connectivity index (χ2n) is 5.85. The van der Waals surface area contributed by atoms with Crippen LogP contribution in [0.25, 0.3) is 5.76 Å². The minimum atomic E-state index is -0.462. The number of esters is 1. The van der Waals surface area contributed by atoms with Crippen molar-refractivity contribution in [3.05, 3.63) is 71.8 Å². The maximum atomic E-state index is 11.7. The normalized spacial score (nSPS) is 15.4. The summed E-state index contributed by atoms with van der Waals surface area (Å²) in [5.74, 6) is 2.10. The second-order valence-corrected chi connectivity index (χ2v) is 5.85. The topological polar surface area (TPSA) is 54.0 Å². The summed E-state index contributed by atoms with van der Waals surface area (Å²) < 4.78 is 22.2. The van der Waals surface area contributed by atoms with Gasteiger partial charge < -0.3 is 18.9 Å². The lowest BCUT2D eigenvalue weighted by molar-refractivity contribution is -0.130. The zero-order chi connectivity index (χ0) is 18.5. The molecule has 3 rings (SSSR count). The molecule has 0 bridgehead atoms. The van der Waals surface area contributed by atoms with Gasteiger partial charge in [0, 0.05) is 16.7 Å². The molecule has 0 N–H and O–H groups in total. The van der Waals surface area contributed by atoms with Crippen molar-refractivity contribution in [3.63, 3.8) is 0 Å². The molecule has 0 fully saturated rings. The van der Waals surface area contributed by atoms with E-state index in [4.69, 9.17) is 18.9 Å². The molecule has 0 saturated heterocycles. The Labute approximate surface area is 152 Å². The highest BCUT2D eigenvalue weighted by Crippen LogP contribution is 2.31. The summed E-state index contributed by atoms with van der Waals surface area (Å²) in [6.07, 6.45) is 1.89. The van der Waals surface area contributed by atoms with Crippen molar-refractivity contribution >= 4 is 11.7 Å². The zero-order valence-corrected chi connectivity index (χ0v) is 14.8. The summed E-state index contributed by atoms with van der Waals surface area (Å²) >= 11 is 0. The minimum absolute atomic E-state index is 0.342. The standard InChI is InChI=1S/C21H20O5/c1-14(2)21(22)25-18-8-9-19-16(12-18)13-24-11-10-20(26-19)15-4-6-17(23-3)7-5-15/h4-10,12H,1,11,13H2,2-3H3/b20-10-. The van der Waals surface area contributed by atoms with Crippen LogP contribution in [0, 0.1) is 0 Å². The number of carbonyl (C=O) groups is 1. The molecule has 5 nitrogen and oxygen atoms in total. The maximum absolute atomic E-state index is 11.7. The largest absolute Gasteiger partial charge is 0.497 e. The Bertz CT molecular complexity index is 849. The summed E-state index contributed by atoms with van der Waals surface area (Å²) in [5, 5.41) is 0. The number of hydrogen-bond donors (Lipinski definition) is 0. The maximum Gasteiger partial charge on any atom is 0.338 e. The number of hydrogen-bond acceptors (Lipinski definition) is 5. The Balaban J connectivity index is 1.84. The Morgan fingerprint density at radius 1 is 1.12 bits per heavy atom. The van der Waals surface area contributed by atoms with Crippen molar-refractivity contribution < 1.29 is 23.7 Å². The van der Waals surface area contributed by atoms with Gasteiger partial charge in [-0.1, -0.05) is 6.58 Å². The van der Waals surface area contributed by atoms with Crippen molar-refractivity contribution in [2.45, 2.75) is 13.5 Å². The fourth-order valence-corrected chi connectivity index (χ4v) is 2.42. The van der Waals surface area contributed by atoms with E-state index >= 15 is 0 Å². The fourth-order valence-electron chi connectivity index (χ4n) is 2.42. The van der Waals surface area contributed by atoms with Gasteiger partial charge in [0.15, 0.2) is 0 Å². The average molecular weight is 352 g/mol. The van der Waals surface area contributed by atoms with E-state index in [1.165, 1.54) is 0 Å². The third kappa shape index (κ3) is 4.13. The molecule has 1 aliphatic heterocycles. The number of rotatable bonds is 4. The molecule has 2 aromatic carbocycles. The quantitative estimate of drug-likeness (QED) is 0.470. The van der Waals surface area contributed by atoms with Gasteiger partial charge in [0.1, 0.15) is 23.0 Å². The molecule has 0 aliphatic carbocycles. The lowest BCUT2D eigenvalue weighted by atomic mass is 10.1. The molecule has 1 aliphatic rings. The number of ether oxygens (including phenoxy) is 4. The van der Waals surface area contributed by atoms with Crippen LogP contribution in [0.15, 0.2) is 60.7 Å². The van der Waals surface area contributed by atoms with Crippen molar-refractivity contribution in [2.75, 3.05) is 13.7 Å². The van der Waals surface area contributed by atoms with E-state index in [1.807, 2.05) is 30.3 Å². The number of methoxy groups -OCH3 is 1. The molecule has 0 atom stereocenters. The predicted octanol–water partition coefficient (Wildman–Crippen LogP) is 4.13. The Morgan fingerprint density at radius 3 is 2.54 bits per heavy atom. The first-order valence-electron chi connectivity index (χ1n) is 8.17. The van der Waals surface area contributed by atoms with E-state index in [0.29, 0.717) is 36.0 Å². The first-order valence-corrected chi connectivity index (χ1v) is 8.17. The summed E-state index contributed by atoms with van der Waals surface area (Å²) in [5.41, 5.74) is 2.06. The SMILES string of the molecule is C=C(C)C(=O)Oc1ccc2c(c1)COC/C=C(/c1ccc(OC)cc1)O2. The fraction of sp³-hybridized carbons (Fsp3) is 0.190. The number of benzene rings is 2. The minimum Gasteiger partial charge on any atom is -0.497 e. The third-order valence-electron chi connectivity index (χ3n) is 3.83. The molecule has 0 saturated carbocycles. The van der Waals surface area contributed by atoms with Gasteiger partial charge in [0.25, 0.3) is 0 Å². The van der Waals surface area contributed by atoms with Crippen molar-refractivity contribution in [3.8, 4) is 17.2 Å². The van der Waals surface area contributed by atoms with E-state index in [0.717, 1.165) is 16.9 Å². The van der Waals surface area contributed by atoms with Crippen molar-refractivity contribution in [1.29, 1.82) is 0 Å². The molecule has 0 unspecified atom stereocenters. The first-order chi connectivity index (χ1) is 12.6. The van der Waals surface area contributed by atoms with Crippen molar-refractivity contribution in [1.82, 2.24) is 0 Å². The zero-order valence-electron chi connectivity index (χ0n) is 14.8. The van der Waals surface area contributed by atoms with E-state index < -0.39 is 5.97 Å². The molecule has 2 aromatic rings. The van der Waals surface area contributed by atoms with Gasteiger partial charge >= 0.3 is 5.97 Å². The van der Waals surface area contributed by atoms with Crippen LogP contribution in [0.5, 0.6) is 17.2 Å². The van der Waals surface area contributed by atoms with Crippen LogP contribution in [-0.4, -0.2) is 19.7 Å². The number of fused-ring (bicyclic) bond motifs is 1. The van der Waals surface area contributed by atoms with Gasteiger partial charge in [-0.25, -0.2) is 4.79 Å². The molecular weight excluding hydrogens is 332 g/mol. The summed E-state index contributed by atoms with van der Waals surface area (Å²) in [4.78, 5) is 11.7. The monoisotopic (exact) mass is 352 g/mol. The highest BCUT2D eigenvalue weighted by Gasteiger charge is 2.15. The van der Waals surface area contributed by atoms with Crippen LogP contribution in [0.4, 0.5) is 0 Å². The smallest absolute Gasteiger partial charge is 0.338 e. The highest BCUT2D eigenvalue weighted by atomic mass is 16.5. The Hall–Kier alpha value is -3.05. The van der Waals surface area contributed by atoms with Crippen LogP contribution in [0.3, 0.4) is 0 Å². The average Bonchev–Trinajstić information content (AvgIpc) is 2.63. The van der Waals surface area contributed by atoms with Gasteiger partial charge in [-0.3, -0.25) is 0 Å². The third-order valence-corrected chi connectivity index (χ3v) is 3.83. The van der Waals surface area contributed by atoms with Gasteiger partial charge in [0.05, 0.1) is 20.3 Å². The lowest BCUT2D eigenvalue weighted by Gasteiger charge is -2.18. The van der Waals surface area contributed by atoms with E-state index in [9.17, 15) is 4.79 Å². The Kier molecular flexibility index (Phi) is 5.39. The molecule has 0 radical (unpaired) electrons. The summed E-state index contributed by atoms with van der Waals surface area (Å²) in [6, 6.07) is 12.8. The molecule has 134 valence electrons. The number of carbonyl (C=O) groups excluding carboxylic acids is 1. The van der Waals surface area contributed by atoms with Crippen LogP contribution in [0.1, 0.15) is 18.1 Å². The van der Waals surface area contributed by atoms with E-state index in [1.54, 1.807) is 32.2 Å². The first kappa shape index (κ1) is 17.8. The van der Waals surface area contributed by atoms with E-state index in [-0.39, 0.29) is 0 Å².